The molecule has 0 unspecified atom stereocenters. The molecule has 186 valence electrons. The van der Waals surface area contributed by atoms with Gasteiger partial charge in [0.2, 0.25) is 5.91 Å². The maximum Gasteiger partial charge on any atom is 0.410 e. The molecule has 3 aromatic rings. The van der Waals surface area contributed by atoms with Crippen LogP contribution in [0.15, 0.2) is 54.6 Å². The molecule has 13 heteroatoms. The molecule has 1 heterocycles. The van der Waals surface area contributed by atoms with Crippen LogP contribution in [0.3, 0.4) is 0 Å². The van der Waals surface area contributed by atoms with Crippen LogP contribution >= 0.6 is 58.0 Å². The first kappa shape index (κ1) is 26.3. The monoisotopic (exact) mass is 586 g/mol. The summed E-state index contributed by atoms with van der Waals surface area (Å²) in [4.78, 5) is 40.6. The van der Waals surface area contributed by atoms with Gasteiger partial charge < -0.3 is 15.7 Å². The molecule has 1 saturated carbocycles. The van der Waals surface area contributed by atoms with E-state index in [1.54, 1.807) is 18.2 Å². The number of rotatable bonds is 6. The lowest BCUT2D eigenvalue weighted by molar-refractivity contribution is -0.117. The molecular formula is C23H15Cl5N4O4. The fourth-order valence-corrected chi connectivity index (χ4v) is 5.26. The third-order valence-electron chi connectivity index (χ3n) is 5.28. The molecule has 1 aliphatic carbocycles. The number of carbonyl (C=O) groups is 3. The van der Waals surface area contributed by atoms with Gasteiger partial charge in [0, 0.05) is 21.7 Å². The van der Waals surface area contributed by atoms with Gasteiger partial charge in [-0.1, -0.05) is 40.9 Å². The molecule has 0 aliphatic heterocycles. The van der Waals surface area contributed by atoms with Crippen molar-refractivity contribution in [3.8, 4) is 0 Å². The number of alkyl halides is 2. The summed E-state index contributed by atoms with van der Waals surface area (Å²) < 4.78 is -1.37. The van der Waals surface area contributed by atoms with E-state index in [9.17, 15) is 14.4 Å². The smallest absolute Gasteiger partial charge is 0.410 e. The number of hydrogen-bond acceptors (Lipinski definition) is 4. The number of pyridine rings is 1. The predicted molar refractivity (Wildman–Crippen MR) is 141 cm³/mol. The number of aromatic nitrogens is 1. The van der Waals surface area contributed by atoms with Gasteiger partial charge in [0.15, 0.2) is 0 Å². The second kappa shape index (κ2) is 10.3. The number of carboxylic acid groups (broad SMARTS) is 1. The molecule has 1 fully saturated rings. The van der Waals surface area contributed by atoms with Crippen molar-refractivity contribution in [3.63, 3.8) is 0 Å². The van der Waals surface area contributed by atoms with E-state index in [1.165, 1.54) is 36.4 Å². The Morgan fingerprint density at radius 1 is 0.861 bits per heavy atom. The van der Waals surface area contributed by atoms with Crippen molar-refractivity contribution in [3.05, 3.63) is 80.8 Å². The quantitative estimate of drug-likeness (QED) is 0.233. The minimum absolute atomic E-state index is 0.0259. The van der Waals surface area contributed by atoms with Crippen LogP contribution in [-0.4, -0.2) is 32.3 Å². The summed E-state index contributed by atoms with van der Waals surface area (Å²) in [5.41, 5.74) is 0.952. The van der Waals surface area contributed by atoms with Crippen molar-refractivity contribution in [1.82, 2.24) is 4.98 Å². The first-order chi connectivity index (χ1) is 17.0. The van der Waals surface area contributed by atoms with Gasteiger partial charge in [-0.05, 0) is 54.1 Å². The SMILES string of the molecule is O=C(O)Nc1cccc(NC(=O)c2cc(NC(=O)[C@H]3[C@H](c4cc(Cl)cc(Cl)c4)C3(Cl)Cl)ccc2Cl)n1. The van der Waals surface area contributed by atoms with Gasteiger partial charge in [0.05, 0.1) is 16.5 Å². The van der Waals surface area contributed by atoms with Gasteiger partial charge in [0.1, 0.15) is 16.0 Å². The average molecular weight is 589 g/mol. The van der Waals surface area contributed by atoms with Crippen molar-refractivity contribution in [2.24, 2.45) is 5.92 Å². The fraction of sp³-hybridized carbons (Fsp3) is 0.130. The maximum absolute atomic E-state index is 13.0. The Balaban J connectivity index is 1.49. The van der Waals surface area contributed by atoms with Crippen LogP contribution in [0.4, 0.5) is 22.1 Å². The van der Waals surface area contributed by atoms with E-state index < -0.39 is 34.1 Å². The van der Waals surface area contributed by atoms with E-state index in [4.69, 9.17) is 63.1 Å². The first-order valence-corrected chi connectivity index (χ1v) is 12.1. The van der Waals surface area contributed by atoms with Crippen molar-refractivity contribution >= 4 is 93.2 Å². The van der Waals surface area contributed by atoms with E-state index in [0.717, 1.165) is 0 Å². The molecule has 1 aromatic heterocycles. The molecule has 1 aliphatic rings. The number of anilines is 3. The molecule has 0 saturated heterocycles. The fourth-order valence-electron chi connectivity index (χ4n) is 3.69. The highest BCUT2D eigenvalue weighted by atomic mass is 35.5. The van der Waals surface area contributed by atoms with Gasteiger partial charge in [-0.15, -0.1) is 23.2 Å². The molecule has 2 aromatic carbocycles. The normalized spacial score (nSPS) is 17.7. The summed E-state index contributed by atoms with van der Waals surface area (Å²) in [6, 6.07) is 13.6. The molecule has 8 nitrogen and oxygen atoms in total. The number of carbonyl (C=O) groups excluding carboxylic acids is 2. The van der Waals surface area contributed by atoms with Crippen molar-refractivity contribution in [2.75, 3.05) is 16.0 Å². The summed E-state index contributed by atoms with van der Waals surface area (Å²) in [6.07, 6.45) is -1.30. The van der Waals surface area contributed by atoms with Crippen LogP contribution in [-0.2, 0) is 4.79 Å². The second-order valence-electron chi connectivity index (χ2n) is 7.81. The number of halogens is 5. The van der Waals surface area contributed by atoms with E-state index in [1.807, 2.05) is 0 Å². The Morgan fingerprint density at radius 2 is 1.50 bits per heavy atom. The maximum atomic E-state index is 13.0. The third kappa shape index (κ3) is 5.79. The molecule has 3 amide bonds. The molecule has 36 heavy (non-hydrogen) atoms. The molecule has 4 rings (SSSR count). The zero-order valence-corrected chi connectivity index (χ0v) is 21.6. The van der Waals surface area contributed by atoms with Crippen LogP contribution in [0.2, 0.25) is 15.1 Å². The summed E-state index contributed by atoms with van der Waals surface area (Å²) in [7, 11) is 0. The molecule has 0 radical (unpaired) electrons. The van der Waals surface area contributed by atoms with Gasteiger partial charge in [-0.3, -0.25) is 14.9 Å². The minimum atomic E-state index is -1.37. The highest BCUT2D eigenvalue weighted by Gasteiger charge is 2.67. The number of nitrogens with one attached hydrogen (secondary N) is 3. The highest BCUT2D eigenvalue weighted by molar-refractivity contribution is 6.53. The number of amides is 3. The van der Waals surface area contributed by atoms with Crippen molar-refractivity contribution < 1.29 is 19.5 Å². The Morgan fingerprint density at radius 3 is 2.14 bits per heavy atom. The first-order valence-electron chi connectivity index (χ1n) is 10.2. The summed E-state index contributed by atoms with van der Waals surface area (Å²) >= 11 is 31.1. The Kier molecular flexibility index (Phi) is 7.54. The van der Waals surface area contributed by atoms with Gasteiger partial charge >= 0.3 is 6.09 Å². The van der Waals surface area contributed by atoms with Crippen LogP contribution in [0.5, 0.6) is 0 Å². The Bertz CT molecular complexity index is 1360. The Labute approximate surface area is 229 Å². The number of nitrogens with zero attached hydrogens (tertiary/aromatic N) is 1. The lowest BCUT2D eigenvalue weighted by Crippen LogP contribution is -2.18. The van der Waals surface area contributed by atoms with Crippen LogP contribution in [0.1, 0.15) is 21.8 Å². The van der Waals surface area contributed by atoms with Crippen LogP contribution in [0, 0.1) is 5.92 Å². The topological polar surface area (TPSA) is 120 Å². The standard InChI is InChI=1S/C23H15Cl5N4O4/c24-11-6-10(7-12(25)8-11)18-19(23(18,27)28)21(34)29-13-4-5-15(26)14(9-13)20(33)31-16-2-1-3-17(30-16)32-22(35)36/h1-9,18-19H,(H,29,34)(H,35,36)(H2,30,31,32,33)/t18-,19+/m0/s1. The number of hydrogen-bond donors (Lipinski definition) is 4. The summed E-state index contributed by atoms with van der Waals surface area (Å²) in [5, 5.41) is 17.0. The highest BCUT2D eigenvalue weighted by Crippen LogP contribution is 2.65. The average Bonchev–Trinajstić information content (AvgIpc) is 3.36. The third-order valence-corrected chi connectivity index (χ3v) is 6.99. The van der Waals surface area contributed by atoms with Gasteiger partial charge in [0.25, 0.3) is 5.91 Å². The number of benzene rings is 2. The van der Waals surface area contributed by atoms with Gasteiger partial charge in [-0.2, -0.15) is 0 Å². The predicted octanol–water partition coefficient (Wildman–Crippen LogP) is 6.91. The van der Waals surface area contributed by atoms with Crippen molar-refractivity contribution in [2.45, 2.75) is 10.3 Å². The molecule has 2 atom stereocenters. The molecular weight excluding hydrogens is 574 g/mol. The molecule has 0 bridgehead atoms. The van der Waals surface area contributed by atoms with Crippen LogP contribution in [0.25, 0.3) is 0 Å². The zero-order chi connectivity index (χ0) is 26.2. The van der Waals surface area contributed by atoms with E-state index in [2.05, 4.69) is 20.9 Å². The van der Waals surface area contributed by atoms with Gasteiger partial charge in [-0.25, -0.2) is 9.78 Å². The zero-order valence-electron chi connectivity index (χ0n) is 17.9. The Hall–Kier alpha value is -2.75. The molecule has 4 N–H and O–H groups in total. The van der Waals surface area contributed by atoms with E-state index in [-0.39, 0.29) is 27.9 Å². The second-order valence-corrected chi connectivity index (χ2v) is 10.5. The summed E-state index contributed by atoms with van der Waals surface area (Å²) in [5.74, 6) is -2.31. The summed E-state index contributed by atoms with van der Waals surface area (Å²) in [6.45, 7) is 0. The van der Waals surface area contributed by atoms with E-state index in [0.29, 0.717) is 15.6 Å². The largest absolute Gasteiger partial charge is 0.465 e. The lowest BCUT2D eigenvalue weighted by atomic mass is 10.1. The lowest BCUT2D eigenvalue weighted by Gasteiger charge is -2.10. The van der Waals surface area contributed by atoms with Crippen LogP contribution < -0.4 is 16.0 Å². The van der Waals surface area contributed by atoms with E-state index >= 15 is 0 Å². The van der Waals surface area contributed by atoms with Crippen molar-refractivity contribution in [1.29, 1.82) is 0 Å². The molecule has 0 spiro atoms. The minimum Gasteiger partial charge on any atom is -0.465 e.